The SMILES string of the molecule is CN=C(NCCCN1CCN(c2ccc(OC)cc2)CC1)NCCSC. The van der Waals surface area contributed by atoms with E-state index < -0.39 is 0 Å². The van der Waals surface area contributed by atoms with E-state index in [4.69, 9.17) is 4.74 Å². The molecule has 0 atom stereocenters. The quantitative estimate of drug-likeness (QED) is 0.387. The number of thioether (sulfide) groups is 1. The molecule has 0 amide bonds. The molecular formula is C19H33N5OS. The summed E-state index contributed by atoms with van der Waals surface area (Å²) in [5.41, 5.74) is 1.28. The monoisotopic (exact) mass is 379 g/mol. The summed E-state index contributed by atoms with van der Waals surface area (Å²) in [5.74, 6) is 2.92. The minimum atomic E-state index is 0.906. The lowest BCUT2D eigenvalue weighted by atomic mass is 10.2. The van der Waals surface area contributed by atoms with Crippen LogP contribution in [0, 0.1) is 0 Å². The van der Waals surface area contributed by atoms with Crippen molar-refractivity contribution in [1.82, 2.24) is 15.5 Å². The molecule has 1 fully saturated rings. The number of methoxy groups -OCH3 is 1. The Labute approximate surface area is 162 Å². The highest BCUT2D eigenvalue weighted by atomic mass is 32.2. The molecule has 1 saturated heterocycles. The number of aliphatic imine (C=N–C) groups is 1. The third-order valence-electron chi connectivity index (χ3n) is 4.58. The minimum absolute atomic E-state index is 0.906. The second-order valence-corrected chi connectivity index (χ2v) is 7.28. The Hall–Kier alpha value is -1.60. The molecule has 0 aromatic heterocycles. The van der Waals surface area contributed by atoms with Crippen LogP contribution in [0.5, 0.6) is 5.75 Å². The smallest absolute Gasteiger partial charge is 0.191 e. The van der Waals surface area contributed by atoms with Gasteiger partial charge in [0.1, 0.15) is 5.75 Å². The number of hydrogen-bond acceptors (Lipinski definition) is 5. The Bertz CT molecular complexity index is 529. The van der Waals surface area contributed by atoms with Crippen molar-refractivity contribution in [2.45, 2.75) is 6.42 Å². The molecule has 1 aromatic rings. The van der Waals surface area contributed by atoms with Crippen molar-refractivity contribution in [2.75, 3.05) is 76.9 Å². The van der Waals surface area contributed by atoms with Crippen LogP contribution in [0.25, 0.3) is 0 Å². The molecule has 1 aliphatic rings. The summed E-state index contributed by atoms with van der Waals surface area (Å²) in [5, 5.41) is 6.72. The molecule has 1 aromatic carbocycles. The van der Waals surface area contributed by atoms with Gasteiger partial charge in [0.2, 0.25) is 0 Å². The average molecular weight is 380 g/mol. The van der Waals surface area contributed by atoms with Gasteiger partial charge in [0.05, 0.1) is 7.11 Å². The zero-order chi connectivity index (χ0) is 18.6. The van der Waals surface area contributed by atoms with Crippen molar-refractivity contribution in [3.8, 4) is 5.75 Å². The predicted molar refractivity (Wildman–Crippen MR) is 114 cm³/mol. The highest BCUT2D eigenvalue weighted by molar-refractivity contribution is 7.98. The molecule has 0 saturated carbocycles. The van der Waals surface area contributed by atoms with Gasteiger partial charge in [-0.3, -0.25) is 9.89 Å². The van der Waals surface area contributed by atoms with Crippen LogP contribution in [-0.4, -0.2) is 82.8 Å². The van der Waals surface area contributed by atoms with Gasteiger partial charge in [0.15, 0.2) is 5.96 Å². The molecule has 0 aliphatic carbocycles. The number of nitrogens with one attached hydrogen (secondary N) is 2. The summed E-state index contributed by atoms with van der Waals surface area (Å²) in [6.07, 6.45) is 3.25. The Morgan fingerprint density at radius 2 is 1.81 bits per heavy atom. The molecule has 0 radical (unpaired) electrons. The van der Waals surface area contributed by atoms with E-state index in [2.05, 4.69) is 43.8 Å². The van der Waals surface area contributed by atoms with Gasteiger partial charge in [-0.25, -0.2) is 0 Å². The zero-order valence-electron chi connectivity index (χ0n) is 16.3. The van der Waals surface area contributed by atoms with Crippen LogP contribution < -0.4 is 20.3 Å². The average Bonchev–Trinajstić information content (AvgIpc) is 2.70. The number of ether oxygens (including phenoxy) is 1. The number of hydrogen-bond donors (Lipinski definition) is 2. The fourth-order valence-corrected chi connectivity index (χ4v) is 3.33. The summed E-state index contributed by atoms with van der Waals surface area (Å²) in [6, 6.07) is 8.36. The molecule has 146 valence electrons. The summed E-state index contributed by atoms with van der Waals surface area (Å²) in [4.78, 5) is 9.25. The molecule has 26 heavy (non-hydrogen) atoms. The van der Waals surface area contributed by atoms with Crippen molar-refractivity contribution < 1.29 is 4.74 Å². The zero-order valence-corrected chi connectivity index (χ0v) is 17.1. The van der Waals surface area contributed by atoms with Gasteiger partial charge in [0, 0.05) is 57.8 Å². The maximum Gasteiger partial charge on any atom is 0.191 e. The number of rotatable bonds is 9. The van der Waals surface area contributed by atoms with Crippen molar-refractivity contribution >= 4 is 23.4 Å². The van der Waals surface area contributed by atoms with Gasteiger partial charge in [-0.05, 0) is 43.5 Å². The lowest BCUT2D eigenvalue weighted by molar-refractivity contribution is 0.255. The third kappa shape index (κ3) is 6.96. The van der Waals surface area contributed by atoms with Gasteiger partial charge in [-0.15, -0.1) is 0 Å². The van der Waals surface area contributed by atoms with Crippen molar-refractivity contribution in [3.05, 3.63) is 24.3 Å². The van der Waals surface area contributed by atoms with E-state index in [0.29, 0.717) is 0 Å². The maximum atomic E-state index is 5.23. The van der Waals surface area contributed by atoms with Crippen LogP contribution in [0.2, 0.25) is 0 Å². The van der Waals surface area contributed by atoms with E-state index in [0.717, 1.165) is 69.7 Å². The highest BCUT2D eigenvalue weighted by Gasteiger charge is 2.16. The first-order valence-corrected chi connectivity index (χ1v) is 10.7. The van der Waals surface area contributed by atoms with E-state index in [1.54, 1.807) is 7.11 Å². The second kappa shape index (κ2) is 11.9. The van der Waals surface area contributed by atoms with Gasteiger partial charge >= 0.3 is 0 Å². The van der Waals surface area contributed by atoms with Crippen molar-refractivity contribution in [1.29, 1.82) is 0 Å². The molecule has 1 heterocycles. The molecule has 2 N–H and O–H groups in total. The molecular weight excluding hydrogens is 346 g/mol. The van der Waals surface area contributed by atoms with E-state index in [-0.39, 0.29) is 0 Å². The fraction of sp³-hybridized carbons (Fsp3) is 0.632. The van der Waals surface area contributed by atoms with Crippen molar-refractivity contribution in [3.63, 3.8) is 0 Å². The first-order valence-electron chi connectivity index (χ1n) is 9.31. The minimum Gasteiger partial charge on any atom is -0.497 e. The lowest BCUT2D eigenvalue weighted by Gasteiger charge is -2.36. The van der Waals surface area contributed by atoms with Crippen molar-refractivity contribution in [2.24, 2.45) is 4.99 Å². The Kier molecular flexibility index (Phi) is 9.48. The number of piperazine rings is 1. The first kappa shape index (κ1) is 20.7. The number of guanidine groups is 1. The van der Waals surface area contributed by atoms with Crippen LogP contribution in [0.4, 0.5) is 5.69 Å². The Morgan fingerprint density at radius 3 is 2.42 bits per heavy atom. The predicted octanol–water partition coefficient (Wildman–Crippen LogP) is 1.74. The van der Waals surface area contributed by atoms with Crippen LogP contribution in [0.3, 0.4) is 0 Å². The second-order valence-electron chi connectivity index (χ2n) is 6.30. The molecule has 0 spiro atoms. The van der Waals surface area contributed by atoms with Crippen LogP contribution in [0.15, 0.2) is 29.3 Å². The number of nitrogens with zero attached hydrogens (tertiary/aromatic N) is 3. The third-order valence-corrected chi connectivity index (χ3v) is 5.19. The van der Waals surface area contributed by atoms with Crippen LogP contribution >= 0.6 is 11.8 Å². The van der Waals surface area contributed by atoms with Crippen LogP contribution in [-0.2, 0) is 0 Å². The van der Waals surface area contributed by atoms with E-state index in [9.17, 15) is 0 Å². The van der Waals surface area contributed by atoms with E-state index in [1.807, 2.05) is 30.9 Å². The molecule has 6 nitrogen and oxygen atoms in total. The highest BCUT2D eigenvalue weighted by Crippen LogP contribution is 2.20. The molecule has 2 rings (SSSR count). The molecule has 0 bridgehead atoms. The first-order chi connectivity index (χ1) is 12.8. The van der Waals surface area contributed by atoms with E-state index in [1.165, 1.54) is 5.69 Å². The maximum absolute atomic E-state index is 5.23. The summed E-state index contributed by atoms with van der Waals surface area (Å²) in [7, 11) is 3.53. The molecule has 1 aliphatic heterocycles. The topological polar surface area (TPSA) is 52.1 Å². The van der Waals surface area contributed by atoms with Gasteiger partial charge in [0.25, 0.3) is 0 Å². The van der Waals surface area contributed by atoms with Crippen LogP contribution in [0.1, 0.15) is 6.42 Å². The number of anilines is 1. The summed E-state index contributed by atoms with van der Waals surface area (Å²) in [6.45, 7) is 7.44. The molecule has 0 unspecified atom stereocenters. The molecule has 7 heteroatoms. The van der Waals surface area contributed by atoms with Gasteiger partial charge < -0.3 is 20.3 Å². The normalized spacial score (nSPS) is 15.8. The fourth-order valence-electron chi connectivity index (χ4n) is 3.02. The Balaban J connectivity index is 1.61. The standard InChI is InChI=1S/C19H33N5OS/c1-20-19(22-10-16-26-3)21-9-4-11-23-12-14-24(15-13-23)17-5-7-18(25-2)8-6-17/h5-8H,4,9-16H2,1-3H3,(H2,20,21,22). The lowest BCUT2D eigenvalue weighted by Crippen LogP contribution is -2.47. The van der Waals surface area contributed by atoms with E-state index >= 15 is 0 Å². The summed E-state index contributed by atoms with van der Waals surface area (Å²) < 4.78 is 5.23. The van der Waals surface area contributed by atoms with Gasteiger partial charge in [-0.2, -0.15) is 11.8 Å². The number of benzene rings is 1. The summed E-state index contributed by atoms with van der Waals surface area (Å²) >= 11 is 1.84. The largest absolute Gasteiger partial charge is 0.497 e. The van der Waals surface area contributed by atoms with Gasteiger partial charge in [-0.1, -0.05) is 0 Å². The Morgan fingerprint density at radius 1 is 1.12 bits per heavy atom.